The van der Waals surface area contributed by atoms with E-state index in [1.165, 1.54) is 0 Å². The first-order chi connectivity index (χ1) is 8.05. The lowest BCUT2D eigenvalue weighted by Crippen LogP contribution is -2.29. The van der Waals surface area contributed by atoms with Crippen molar-refractivity contribution in [2.75, 3.05) is 18.8 Å². The van der Waals surface area contributed by atoms with Gasteiger partial charge in [-0.3, -0.25) is 0 Å². The normalized spacial score (nSPS) is 21.8. The third-order valence-corrected chi connectivity index (χ3v) is 5.30. The first kappa shape index (κ1) is 12.4. The van der Waals surface area contributed by atoms with E-state index in [2.05, 4.69) is 6.92 Å². The molecule has 2 rings (SSSR count). The molecule has 0 aliphatic carbocycles. The molecule has 1 aromatic rings. The van der Waals surface area contributed by atoms with E-state index < -0.39 is 10.0 Å². The van der Waals surface area contributed by atoms with Gasteiger partial charge in [0.25, 0.3) is 0 Å². The molecular formula is C12H18N2O2S. The van der Waals surface area contributed by atoms with E-state index in [1.54, 1.807) is 28.6 Å². The van der Waals surface area contributed by atoms with Crippen molar-refractivity contribution in [2.45, 2.75) is 24.7 Å². The smallest absolute Gasteiger partial charge is 0.245 e. The Morgan fingerprint density at radius 1 is 1.41 bits per heavy atom. The Kier molecular flexibility index (Phi) is 3.40. The van der Waals surface area contributed by atoms with Gasteiger partial charge in [0.05, 0.1) is 5.69 Å². The third kappa shape index (κ3) is 2.30. The van der Waals surface area contributed by atoms with Crippen molar-refractivity contribution in [3.63, 3.8) is 0 Å². The SMILES string of the molecule is CCC1CCN(S(=O)(=O)c2ccccc2N)C1. The summed E-state index contributed by atoms with van der Waals surface area (Å²) in [7, 11) is -3.40. The second-order valence-corrected chi connectivity index (χ2v) is 6.37. The minimum atomic E-state index is -3.40. The summed E-state index contributed by atoms with van der Waals surface area (Å²) in [6, 6.07) is 6.65. The second kappa shape index (κ2) is 4.66. The number of rotatable bonds is 3. The van der Waals surface area contributed by atoms with E-state index in [1.807, 2.05) is 0 Å². The first-order valence-electron chi connectivity index (χ1n) is 5.90. The topological polar surface area (TPSA) is 63.4 Å². The Balaban J connectivity index is 2.29. The molecule has 1 heterocycles. The van der Waals surface area contributed by atoms with Crippen molar-refractivity contribution in [3.05, 3.63) is 24.3 Å². The molecule has 5 heteroatoms. The maximum atomic E-state index is 12.4. The van der Waals surface area contributed by atoms with Gasteiger partial charge in [-0.25, -0.2) is 8.42 Å². The molecule has 0 amide bonds. The number of anilines is 1. The average molecular weight is 254 g/mol. The average Bonchev–Trinajstić information content (AvgIpc) is 2.78. The predicted octanol–water partition coefficient (Wildman–Crippen LogP) is 1.69. The van der Waals surface area contributed by atoms with Gasteiger partial charge in [0, 0.05) is 13.1 Å². The number of sulfonamides is 1. The van der Waals surface area contributed by atoms with Gasteiger partial charge in [0.1, 0.15) is 4.90 Å². The van der Waals surface area contributed by atoms with Crippen LogP contribution in [0.3, 0.4) is 0 Å². The Bertz CT molecular complexity index is 499. The van der Waals surface area contributed by atoms with Crippen LogP contribution in [0.15, 0.2) is 29.2 Å². The fourth-order valence-electron chi connectivity index (χ4n) is 2.20. The van der Waals surface area contributed by atoms with Crippen LogP contribution in [0.2, 0.25) is 0 Å². The zero-order valence-corrected chi connectivity index (χ0v) is 10.8. The monoisotopic (exact) mass is 254 g/mol. The van der Waals surface area contributed by atoms with E-state index in [4.69, 9.17) is 5.73 Å². The molecule has 0 saturated carbocycles. The molecular weight excluding hydrogens is 236 g/mol. The first-order valence-corrected chi connectivity index (χ1v) is 7.34. The molecule has 1 aliphatic heterocycles. The quantitative estimate of drug-likeness (QED) is 0.835. The zero-order valence-electron chi connectivity index (χ0n) is 9.96. The van der Waals surface area contributed by atoms with Gasteiger partial charge in [-0.15, -0.1) is 0 Å². The largest absolute Gasteiger partial charge is 0.398 e. The highest BCUT2D eigenvalue weighted by molar-refractivity contribution is 7.89. The van der Waals surface area contributed by atoms with Crippen molar-refractivity contribution in [2.24, 2.45) is 5.92 Å². The van der Waals surface area contributed by atoms with Gasteiger partial charge >= 0.3 is 0 Å². The van der Waals surface area contributed by atoms with Crippen LogP contribution in [-0.4, -0.2) is 25.8 Å². The Morgan fingerprint density at radius 2 is 2.12 bits per heavy atom. The van der Waals surface area contributed by atoms with E-state index in [0.29, 0.717) is 24.7 Å². The minimum absolute atomic E-state index is 0.233. The van der Waals surface area contributed by atoms with Gasteiger partial charge in [-0.05, 0) is 24.5 Å². The highest BCUT2D eigenvalue weighted by atomic mass is 32.2. The zero-order chi connectivity index (χ0) is 12.5. The van der Waals surface area contributed by atoms with E-state index in [9.17, 15) is 8.42 Å². The van der Waals surface area contributed by atoms with Crippen LogP contribution >= 0.6 is 0 Å². The molecule has 1 fully saturated rings. The molecule has 0 radical (unpaired) electrons. The van der Waals surface area contributed by atoms with Crippen LogP contribution in [-0.2, 0) is 10.0 Å². The molecule has 94 valence electrons. The van der Waals surface area contributed by atoms with E-state index in [0.717, 1.165) is 12.8 Å². The fourth-order valence-corrected chi connectivity index (χ4v) is 3.85. The summed E-state index contributed by atoms with van der Waals surface area (Å²) in [5.41, 5.74) is 6.06. The van der Waals surface area contributed by atoms with Gasteiger partial charge in [-0.1, -0.05) is 25.5 Å². The summed E-state index contributed by atoms with van der Waals surface area (Å²) < 4.78 is 26.3. The van der Waals surface area contributed by atoms with E-state index in [-0.39, 0.29) is 4.90 Å². The van der Waals surface area contributed by atoms with Gasteiger partial charge in [-0.2, -0.15) is 4.31 Å². The number of benzene rings is 1. The van der Waals surface area contributed by atoms with E-state index >= 15 is 0 Å². The Hall–Kier alpha value is -1.07. The lowest BCUT2D eigenvalue weighted by atomic mass is 10.1. The minimum Gasteiger partial charge on any atom is -0.398 e. The highest BCUT2D eigenvalue weighted by Gasteiger charge is 2.32. The second-order valence-electron chi connectivity index (χ2n) is 4.46. The summed E-state index contributed by atoms with van der Waals surface area (Å²) in [4.78, 5) is 0.233. The van der Waals surface area contributed by atoms with Crippen LogP contribution < -0.4 is 5.73 Å². The summed E-state index contributed by atoms with van der Waals surface area (Å²) in [6.07, 6.45) is 1.97. The van der Waals surface area contributed by atoms with Crippen LogP contribution in [0.5, 0.6) is 0 Å². The van der Waals surface area contributed by atoms with Gasteiger partial charge in [0.15, 0.2) is 0 Å². The Morgan fingerprint density at radius 3 is 2.71 bits per heavy atom. The van der Waals surface area contributed by atoms with Crippen molar-refractivity contribution in [3.8, 4) is 0 Å². The summed E-state index contributed by atoms with van der Waals surface area (Å²) in [5, 5.41) is 0. The number of para-hydroxylation sites is 1. The highest BCUT2D eigenvalue weighted by Crippen LogP contribution is 2.28. The Labute approximate surface area is 102 Å². The fraction of sp³-hybridized carbons (Fsp3) is 0.500. The van der Waals surface area contributed by atoms with Crippen molar-refractivity contribution in [1.82, 2.24) is 4.31 Å². The molecule has 1 unspecified atom stereocenters. The molecule has 17 heavy (non-hydrogen) atoms. The number of nitrogens with zero attached hydrogens (tertiary/aromatic N) is 1. The van der Waals surface area contributed by atoms with Gasteiger partial charge < -0.3 is 5.73 Å². The van der Waals surface area contributed by atoms with Gasteiger partial charge in [0.2, 0.25) is 10.0 Å². The molecule has 0 bridgehead atoms. The summed E-state index contributed by atoms with van der Waals surface area (Å²) in [6.45, 7) is 3.32. The third-order valence-electron chi connectivity index (χ3n) is 3.36. The maximum absolute atomic E-state index is 12.4. The molecule has 0 spiro atoms. The molecule has 0 aromatic heterocycles. The molecule has 1 atom stereocenters. The van der Waals surface area contributed by atoms with Crippen molar-refractivity contribution < 1.29 is 8.42 Å². The molecule has 1 aromatic carbocycles. The standard InChI is InChI=1S/C12H18N2O2S/c1-2-10-7-8-14(9-10)17(15,16)12-6-4-3-5-11(12)13/h3-6,10H,2,7-9,13H2,1H3. The van der Waals surface area contributed by atoms with Crippen LogP contribution in [0, 0.1) is 5.92 Å². The lowest BCUT2D eigenvalue weighted by Gasteiger charge is -2.17. The van der Waals surface area contributed by atoms with Crippen molar-refractivity contribution in [1.29, 1.82) is 0 Å². The molecule has 4 nitrogen and oxygen atoms in total. The summed E-state index contributed by atoms with van der Waals surface area (Å²) in [5.74, 6) is 0.481. The number of hydrogen-bond acceptors (Lipinski definition) is 3. The van der Waals surface area contributed by atoms with Crippen LogP contribution in [0.25, 0.3) is 0 Å². The number of nitrogen functional groups attached to an aromatic ring is 1. The summed E-state index contributed by atoms with van der Waals surface area (Å²) >= 11 is 0. The van der Waals surface area contributed by atoms with Crippen LogP contribution in [0.4, 0.5) is 5.69 Å². The predicted molar refractivity (Wildman–Crippen MR) is 68.0 cm³/mol. The van der Waals surface area contributed by atoms with Crippen molar-refractivity contribution >= 4 is 15.7 Å². The number of hydrogen-bond donors (Lipinski definition) is 1. The maximum Gasteiger partial charge on any atom is 0.245 e. The van der Waals surface area contributed by atoms with Crippen LogP contribution in [0.1, 0.15) is 19.8 Å². The molecule has 1 saturated heterocycles. The number of nitrogens with two attached hydrogens (primary N) is 1. The molecule has 1 aliphatic rings. The molecule has 2 N–H and O–H groups in total. The lowest BCUT2D eigenvalue weighted by molar-refractivity contribution is 0.453.